The second-order valence-electron chi connectivity index (χ2n) is 6.37. The van der Waals surface area contributed by atoms with Crippen LogP contribution in [-0.4, -0.2) is 23.8 Å². The zero-order valence-electron chi connectivity index (χ0n) is 13.3. The third kappa shape index (κ3) is 5.80. The second-order valence-corrected chi connectivity index (χ2v) is 12.4. The Morgan fingerprint density at radius 1 is 1.24 bits per heavy atom. The lowest BCUT2D eigenvalue weighted by Crippen LogP contribution is -2.40. The molecule has 1 aromatic heterocycles. The van der Waals surface area contributed by atoms with E-state index in [0.29, 0.717) is 13.2 Å². The standard InChI is InChI=1S/C14H25ClN2O3Si/c1-5-6-7-16-12(15)10-13(18)17(14(16)19)11-20-8-9-21(2,3)4/h10H,5-9,11H2,1-4H3. The minimum atomic E-state index is -1.18. The first-order valence-corrected chi connectivity index (χ1v) is 11.4. The van der Waals surface area contributed by atoms with Crippen molar-refractivity contribution in [1.29, 1.82) is 0 Å². The van der Waals surface area contributed by atoms with Gasteiger partial charge in [0.1, 0.15) is 11.9 Å². The Balaban J connectivity index is 2.82. The smallest absolute Gasteiger partial charge is 0.334 e. The summed E-state index contributed by atoms with van der Waals surface area (Å²) in [5.74, 6) is 0. The topological polar surface area (TPSA) is 53.2 Å². The normalized spacial score (nSPS) is 11.9. The predicted octanol–water partition coefficient (Wildman–Crippen LogP) is 2.78. The Hall–Kier alpha value is -0.853. The monoisotopic (exact) mass is 332 g/mol. The van der Waals surface area contributed by atoms with Crippen molar-refractivity contribution in [2.24, 2.45) is 0 Å². The van der Waals surface area contributed by atoms with E-state index in [-0.39, 0.29) is 11.9 Å². The molecule has 0 saturated carbocycles. The van der Waals surface area contributed by atoms with E-state index in [1.165, 1.54) is 10.6 Å². The number of rotatable bonds is 8. The van der Waals surface area contributed by atoms with Crippen molar-refractivity contribution in [3.05, 3.63) is 32.1 Å². The SMILES string of the molecule is CCCCn1c(Cl)cc(=O)n(COCC[Si](C)(C)C)c1=O. The van der Waals surface area contributed by atoms with E-state index >= 15 is 0 Å². The van der Waals surface area contributed by atoms with Gasteiger partial charge in [-0.3, -0.25) is 9.36 Å². The van der Waals surface area contributed by atoms with E-state index < -0.39 is 19.3 Å². The third-order valence-corrected chi connectivity index (χ3v) is 5.20. The maximum atomic E-state index is 12.3. The molecule has 1 rings (SSSR count). The van der Waals surface area contributed by atoms with Crippen LogP contribution in [0.1, 0.15) is 19.8 Å². The molecule has 0 unspecified atom stereocenters. The number of hydrogen-bond donors (Lipinski definition) is 0. The van der Waals surface area contributed by atoms with Gasteiger partial charge in [0, 0.05) is 27.3 Å². The minimum absolute atomic E-state index is 0.00849. The lowest BCUT2D eigenvalue weighted by atomic mass is 10.3. The molecular weight excluding hydrogens is 308 g/mol. The van der Waals surface area contributed by atoms with E-state index in [0.717, 1.165) is 23.5 Å². The van der Waals surface area contributed by atoms with Crippen LogP contribution in [0.3, 0.4) is 0 Å². The van der Waals surface area contributed by atoms with Crippen molar-refractivity contribution in [3.8, 4) is 0 Å². The molecule has 0 atom stereocenters. The highest BCUT2D eigenvalue weighted by atomic mass is 35.5. The summed E-state index contributed by atoms with van der Waals surface area (Å²) in [6.07, 6.45) is 1.79. The summed E-state index contributed by atoms with van der Waals surface area (Å²) in [6.45, 7) is 9.87. The molecule has 120 valence electrons. The molecule has 0 bridgehead atoms. The fourth-order valence-corrected chi connectivity index (χ4v) is 2.77. The van der Waals surface area contributed by atoms with Crippen molar-refractivity contribution in [3.63, 3.8) is 0 Å². The van der Waals surface area contributed by atoms with Crippen LogP contribution < -0.4 is 11.2 Å². The molecule has 0 amide bonds. The first-order valence-electron chi connectivity index (χ1n) is 7.34. The van der Waals surface area contributed by atoms with E-state index in [9.17, 15) is 9.59 Å². The highest BCUT2D eigenvalue weighted by Gasteiger charge is 2.13. The highest BCUT2D eigenvalue weighted by Crippen LogP contribution is 2.08. The fraction of sp³-hybridized carbons (Fsp3) is 0.714. The number of unbranched alkanes of at least 4 members (excludes halogenated alkanes) is 1. The number of halogens is 1. The fourth-order valence-electron chi connectivity index (χ4n) is 1.76. The van der Waals surface area contributed by atoms with Crippen LogP contribution >= 0.6 is 11.6 Å². The number of hydrogen-bond acceptors (Lipinski definition) is 3. The summed E-state index contributed by atoms with van der Waals surface area (Å²) in [6, 6.07) is 2.28. The molecule has 0 N–H and O–H groups in total. The molecule has 5 nitrogen and oxygen atoms in total. The van der Waals surface area contributed by atoms with Crippen LogP contribution in [-0.2, 0) is 18.0 Å². The van der Waals surface area contributed by atoms with Crippen LogP contribution in [0, 0.1) is 0 Å². The lowest BCUT2D eigenvalue weighted by Gasteiger charge is -2.16. The minimum Gasteiger partial charge on any atom is -0.361 e. The maximum Gasteiger partial charge on any atom is 0.334 e. The van der Waals surface area contributed by atoms with Gasteiger partial charge in [0.05, 0.1) is 0 Å². The zero-order chi connectivity index (χ0) is 16.0. The predicted molar refractivity (Wildman–Crippen MR) is 89.0 cm³/mol. The van der Waals surface area contributed by atoms with Gasteiger partial charge in [0.25, 0.3) is 5.56 Å². The summed E-state index contributed by atoms with van der Waals surface area (Å²) in [4.78, 5) is 24.1. The molecule has 0 aromatic carbocycles. The van der Waals surface area contributed by atoms with Crippen LogP contribution in [0.25, 0.3) is 0 Å². The van der Waals surface area contributed by atoms with Gasteiger partial charge in [-0.15, -0.1) is 0 Å². The van der Waals surface area contributed by atoms with Crippen molar-refractivity contribution in [1.82, 2.24) is 9.13 Å². The first kappa shape index (κ1) is 18.2. The Kier molecular flexibility index (Phi) is 6.90. The van der Waals surface area contributed by atoms with Crippen molar-refractivity contribution in [2.45, 2.75) is 58.7 Å². The van der Waals surface area contributed by atoms with Crippen molar-refractivity contribution in [2.75, 3.05) is 6.61 Å². The molecule has 1 aromatic rings. The van der Waals surface area contributed by atoms with Crippen molar-refractivity contribution >= 4 is 19.7 Å². The average Bonchev–Trinajstić information content (AvgIpc) is 2.36. The van der Waals surface area contributed by atoms with E-state index in [2.05, 4.69) is 19.6 Å². The molecule has 1 heterocycles. The largest absolute Gasteiger partial charge is 0.361 e. The Morgan fingerprint density at radius 3 is 2.48 bits per heavy atom. The molecule has 0 spiro atoms. The van der Waals surface area contributed by atoms with E-state index in [1.54, 1.807) is 0 Å². The van der Waals surface area contributed by atoms with Gasteiger partial charge < -0.3 is 4.74 Å². The summed E-state index contributed by atoms with van der Waals surface area (Å²) >= 11 is 5.98. The molecule has 21 heavy (non-hydrogen) atoms. The molecule has 0 saturated heterocycles. The highest BCUT2D eigenvalue weighted by molar-refractivity contribution is 6.76. The Bertz CT molecular complexity index is 575. The van der Waals surface area contributed by atoms with E-state index in [1.807, 2.05) is 6.92 Å². The zero-order valence-corrected chi connectivity index (χ0v) is 15.1. The quantitative estimate of drug-likeness (QED) is 0.418. The molecule has 0 aliphatic rings. The van der Waals surface area contributed by atoms with Crippen LogP contribution in [0.5, 0.6) is 0 Å². The summed E-state index contributed by atoms with van der Waals surface area (Å²) in [7, 11) is -1.18. The van der Waals surface area contributed by atoms with E-state index in [4.69, 9.17) is 16.3 Å². The molecule has 0 aliphatic heterocycles. The molecule has 0 fully saturated rings. The summed E-state index contributed by atoms with van der Waals surface area (Å²) < 4.78 is 8.03. The maximum absolute atomic E-state index is 12.3. The van der Waals surface area contributed by atoms with Gasteiger partial charge in [0.15, 0.2) is 0 Å². The van der Waals surface area contributed by atoms with Crippen LogP contribution in [0.15, 0.2) is 15.7 Å². The Labute approximate surface area is 131 Å². The number of nitrogens with zero attached hydrogens (tertiary/aromatic N) is 2. The molecule has 7 heteroatoms. The third-order valence-electron chi connectivity index (χ3n) is 3.18. The summed E-state index contributed by atoms with van der Waals surface area (Å²) in [5, 5.41) is 0.191. The lowest BCUT2D eigenvalue weighted by molar-refractivity contribution is 0.0803. The van der Waals surface area contributed by atoms with Gasteiger partial charge >= 0.3 is 5.69 Å². The summed E-state index contributed by atoms with van der Waals surface area (Å²) in [5.41, 5.74) is -0.806. The second kappa shape index (κ2) is 7.96. The van der Waals surface area contributed by atoms with Gasteiger partial charge in [-0.1, -0.05) is 44.6 Å². The van der Waals surface area contributed by atoms with Crippen LogP contribution in [0.2, 0.25) is 30.8 Å². The number of aromatic nitrogens is 2. The van der Waals surface area contributed by atoms with Crippen LogP contribution in [0.4, 0.5) is 0 Å². The van der Waals surface area contributed by atoms with Crippen molar-refractivity contribution < 1.29 is 4.74 Å². The van der Waals surface area contributed by atoms with Gasteiger partial charge in [-0.25, -0.2) is 9.36 Å². The van der Waals surface area contributed by atoms with Gasteiger partial charge in [-0.05, 0) is 12.5 Å². The molecule has 0 aliphatic carbocycles. The Morgan fingerprint density at radius 2 is 1.90 bits per heavy atom. The number of ether oxygens (including phenoxy) is 1. The molecule has 0 radical (unpaired) electrons. The molecular formula is C14H25ClN2O3Si. The first-order chi connectivity index (χ1) is 9.76. The van der Waals surface area contributed by atoms with Gasteiger partial charge in [-0.2, -0.15) is 0 Å². The average molecular weight is 333 g/mol. The van der Waals surface area contributed by atoms with Gasteiger partial charge in [0.2, 0.25) is 0 Å².